The number of hydrogen-bond donors (Lipinski definition) is 0. The molecule has 0 spiro atoms. The van der Waals surface area contributed by atoms with Crippen molar-refractivity contribution < 1.29 is 4.79 Å². The molecule has 0 aromatic heterocycles. The summed E-state index contributed by atoms with van der Waals surface area (Å²) in [6, 6.07) is 10.2. The Labute approximate surface area is 109 Å². The largest absolute Gasteiger partial charge is 0.303 e. The van der Waals surface area contributed by atoms with Crippen LogP contribution in [0, 0.1) is 17.2 Å². The normalized spacial score (nSPS) is 23.3. The second kappa shape index (κ2) is 6.35. The number of nitriles is 1. The fraction of sp³-hybridized carbons (Fsp3) is 0.500. The monoisotopic (exact) mass is 241 g/mol. The number of hydrogen-bond acceptors (Lipinski definition) is 2. The number of benzene rings is 1. The Bertz CT molecular complexity index is 421. The molecule has 1 aliphatic rings. The number of carbonyl (C=O) groups excluding carboxylic acids is 1. The molecule has 2 rings (SSSR count). The summed E-state index contributed by atoms with van der Waals surface area (Å²) in [5.41, 5.74) is 2.10. The van der Waals surface area contributed by atoms with Gasteiger partial charge in [0.05, 0.1) is 11.6 Å². The number of rotatable bonds is 4. The van der Waals surface area contributed by atoms with E-state index < -0.39 is 0 Å². The molecule has 1 aromatic carbocycles. The van der Waals surface area contributed by atoms with Crippen LogP contribution in [0.1, 0.15) is 55.6 Å². The van der Waals surface area contributed by atoms with E-state index in [9.17, 15) is 4.79 Å². The summed E-state index contributed by atoms with van der Waals surface area (Å²) in [4.78, 5) is 10.4. The van der Waals surface area contributed by atoms with Crippen molar-refractivity contribution in [3.8, 4) is 6.07 Å². The van der Waals surface area contributed by atoms with E-state index in [0.29, 0.717) is 12.3 Å². The van der Waals surface area contributed by atoms with Gasteiger partial charge in [0, 0.05) is 6.42 Å². The molecule has 94 valence electrons. The van der Waals surface area contributed by atoms with Crippen LogP contribution in [0.25, 0.3) is 0 Å². The lowest BCUT2D eigenvalue weighted by atomic mass is 9.77. The van der Waals surface area contributed by atoms with Gasteiger partial charge < -0.3 is 4.79 Å². The highest BCUT2D eigenvalue weighted by atomic mass is 16.1. The SMILES string of the molecule is N#Cc1ccc(C2CCC(CCC=O)CC2)cc1. The Morgan fingerprint density at radius 2 is 1.83 bits per heavy atom. The summed E-state index contributed by atoms with van der Waals surface area (Å²) >= 11 is 0. The molecule has 0 heterocycles. The third kappa shape index (κ3) is 3.20. The zero-order chi connectivity index (χ0) is 12.8. The first kappa shape index (κ1) is 12.8. The second-order valence-electron chi connectivity index (χ2n) is 5.20. The Balaban J connectivity index is 1.88. The van der Waals surface area contributed by atoms with Crippen LogP contribution in [-0.4, -0.2) is 6.29 Å². The summed E-state index contributed by atoms with van der Waals surface area (Å²) < 4.78 is 0. The van der Waals surface area contributed by atoms with Gasteiger partial charge in [0.25, 0.3) is 0 Å². The van der Waals surface area contributed by atoms with E-state index in [1.54, 1.807) is 0 Å². The predicted molar refractivity (Wildman–Crippen MR) is 71.2 cm³/mol. The first-order valence-corrected chi connectivity index (χ1v) is 6.77. The maximum atomic E-state index is 10.4. The first-order valence-electron chi connectivity index (χ1n) is 6.77. The molecule has 0 bridgehead atoms. The van der Waals surface area contributed by atoms with Gasteiger partial charge in [-0.3, -0.25) is 0 Å². The molecular weight excluding hydrogens is 222 g/mol. The van der Waals surface area contributed by atoms with E-state index in [1.807, 2.05) is 12.1 Å². The number of nitrogens with zero attached hydrogens (tertiary/aromatic N) is 1. The maximum Gasteiger partial charge on any atom is 0.120 e. The van der Waals surface area contributed by atoms with Gasteiger partial charge in [0.15, 0.2) is 0 Å². The highest BCUT2D eigenvalue weighted by Gasteiger charge is 2.21. The summed E-state index contributed by atoms with van der Waals surface area (Å²) in [6.45, 7) is 0. The standard InChI is InChI=1S/C16H19NO/c17-12-14-5-9-16(10-6-14)15-7-3-13(4-8-15)2-1-11-18/h5-6,9-11,13,15H,1-4,7-8H2. The van der Waals surface area contributed by atoms with Crippen molar-refractivity contribution in [1.29, 1.82) is 5.26 Å². The summed E-state index contributed by atoms with van der Waals surface area (Å²) in [5.74, 6) is 1.38. The van der Waals surface area contributed by atoms with Crippen LogP contribution >= 0.6 is 0 Å². The average molecular weight is 241 g/mol. The fourth-order valence-electron chi connectivity index (χ4n) is 2.92. The molecule has 1 aromatic rings. The van der Waals surface area contributed by atoms with Crippen LogP contribution in [0.15, 0.2) is 24.3 Å². The van der Waals surface area contributed by atoms with Crippen LogP contribution in [0.4, 0.5) is 0 Å². The van der Waals surface area contributed by atoms with Crippen LogP contribution in [0.3, 0.4) is 0 Å². The third-order valence-electron chi connectivity index (χ3n) is 4.05. The summed E-state index contributed by atoms with van der Waals surface area (Å²) in [7, 11) is 0. The van der Waals surface area contributed by atoms with Gasteiger partial charge in [0.1, 0.15) is 6.29 Å². The van der Waals surface area contributed by atoms with Crippen molar-refractivity contribution in [1.82, 2.24) is 0 Å². The maximum absolute atomic E-state index is 10.4. The molecule has 2 heteroatoms. The minimum absolute atomic E-state index is 0.644. The molecule has 1 saturated carbocycles. The van der Waals surface area contributed by atoms with Crippen molar-refractivity contribution in [3.05, 3.63) is 35.4 Å². The third-order valence-corrected chi connectivity index (χ3v) is 4.05. The lowest BCUT2D eigenvalue weighted by molar-refractivity contribution is -0.108. The van der Waals surface area contributed by atoms with Gasteiger partial charge >= 0.3 is 0 Å². The van der Waals surface area contributed by atoms with Gasteiger partial charge in [-0.15, -0.1) is 0 Å². The molecular formula is C16H19NO. The quantitative estimate of drug-likeness (QED) is 0.752. The molecule has 0 radical (unpaired) electrons. The Kier molecular flexibility index (Phi) is 4.52. The number of aldehydes is 1. The molecule has 2 nitrogen and oxygen atoms in total. The fourth-order valence-corrected chi connectivity index (χ4v) is 2.92. The van der Waals surface area contributed by atoms with Gasteiger partial charge in [-0.2, -0.15) is 5.26 Å². The van der Waals surface area contributed by atoms with Crippen LogP contribution in [0.2, 0.25) is 0 Å². The number of carbonyl (C=O) groups is 1. The Hall–Kier alpha value is -1.62. The predicted octanol–water partition coefficient (Wildman–Crippen LogP) is 3.81. The van der Waals surface area contributed by atoms with E-state index in [0.717, 1.165) is 24.2 Å². The van der Waals surface area contributed by atoms with E-state index in [1.165, 1.54) is 31.2 Å². The molecule has 0 N–H and O–H groups in total. The lowest BCUT2D eigenvalue weighted by Crippen LogP contribution is -2.13. The van der Waals surface area contributed by atoms with Crippen molar-refractivity contribution in [3.63, 3.8) is 0 Å². The minimum atomic E-state index is 0.644. The van der Waals surface area contributed by atoms with Crippen molar-refractivity contribution in [2.45, 2.75) is 44.4 Å². The highest BCUT2D eigenvalue weighted by molar-refractivity contribution is 5.49. The van der Waals surface area contributed by atoms with Crippen molar-refractivity contribution >= 4 is 6.29 Å². The van der Waals surface area contributed by atoms with E-state index in [4.69, 9.17) is 5.26 Å². The van der Waals surface area contributed by atoms with Crippen LogP contribution < -0.4 is 0 Å². The average Bonchev–Trinajstić information content (AvgIpc) is 2.46. The molecule has 18 heavy (non-hydrogen) atoms. The van der Waals surface area contributed by atoms with Gasteiger partial charge in [-0.1, -0.05) is 12.1 Å². The van der Waals surface area contributed by atoms with Crippen molar-refractivity contribution in [2.75, 3.05) is 0 Å². The molecule has 0 atom stereocenters. The van der Waals surface area contributed by atoms with Gasteiger partial charge in [-0.05, 0) is 61.6 Å². The second-order valence-corrected chi connectivity index (χ2v) is 5.20. The van der Waals surface area contributed by atoms with Crippen LogP contribution in [-0.2, 0) is 4.79 Å². The molecule has 0 unspecified atom stereocenters. The molecule has 0 amide bonds. The topological polar surface area (TPSA) is 40.9 Å². The summed E-state index contributed by atoms with van der Waals surface area (Å²) in [5, 5.41) is 8.78. The molecule has 0 saturated heterocycles. The highest BCUT2D eigenvalue weighted by Crippen LogP contribution is 2.37. The molecule has 1 fully saturated rings. The lowest BCUT2D eigenvalue weighted by Gasteiger charge is -2.28. The molecule has 0 aliphatic heterocycles. The Morgan fingerprint density at radius 3 is 2.39 bits per heavy atom. The van der Waals surface area contributed by atoms with Gasteiger partial charge in [-0.25, -0.2) is 0 Å². The van der Waals surface area contributed by atoms with Gasteiger partial charge in [0.2, 0.25) is 0 Å². The van der Waals surface area contributed by atoms with E-state index in [-0.39, 0.29) is 0 Å². The first-order chi connectivity index (χ1) is 8.83. The van der Waals surface area contributed by atoms with E-state index >= 15 is 0 Å². The van der Waals surface area contributed by atoms with Crippen LogP contribution in [0.5, 0.6) is 0 Å². The summed E-state index contributed by atoms with van der Waals surface area (Å²) in [6.07, 6.45) is 7.71. The van der Waals surface area contributed by atoms with E-state index in [2.05, 4.69) is 18.2 Å². The minimum Gasteiger partial charge on any atom is -0.303 e. The zero-order valence-electron chi connectivity index (χ0n) is 10.6. The Morgan fingerprint density at radius 1 is 1.17 bits per heavy atom. The smallest absolute Gasteiger partial charge is 0.120 e. The van der Waals surface area contributed by atoms with Crippen molar-refractivity contribution in [2.24, 2.45) is 5.92 Å². The zero-order valence-corrected chi connectivity index (χ0v) is 10.6. The molecule has 1 aliphatic carbocycles.